The van der Waals surface area contributed by atoms with E-state index in [2.05, 4.69) is 0 Å². The highest BCUT2D eigenvalue weighted by Gasteiger charge is 2.50. The van der Waals surface area contributed by atoms with Crippen LogP contribution in [0.15, 0.2) is 24.3 Å². The minimum absolute atomic E-state index is 0.0877. The van der Waals surface area contributed by atoms with Crippen LogP contribution in [0.1, 0.15) is 38.5 Å². The lowest BCUT2D eigenvalue weighted by molar-refractivity contribution is -0.117. The summed E-state index contributed by atoms with van der Waals surface area (Å²) in [5.74, 6) is 0.175. The maximum absolute atomic E-state index is 14.1. The summed E-state index contributed by atoms with van der Waals surface area (Å²) in [6.07, 6.45) is 3.93. The summed E-state index contributed by atoms with van der Waals surface area (Å²) in [5, 5.41) is 0.712. The van der Waals surface area contributed by atoms with Crippen molar-refractivity contribution in [2.24, 2.45) is 0 Å². The Morgan fingerprint density at radius 1 is 0.913 bits per heavy atom. The van der Waals surface area contributed by atoms with Crippen molar-refractivity contribution in [3.63, 3.8) is 0 Å². The highest BCUT2D eigenvalue weighted by Crippen LogP contribution is 2.61. The molecule has 2 aliphatic carbocycles. The molecule has 1 aromatic carbocycles. The first kappa shape index (κ1) is 16.4. The van der Waals surface area contributed by atoms with Gasteiger partial charge in [0.15, 0.2) is 0 Å². The number of benzene rings is 1. The van der Waals surface area contributed by atoms with Gasteiger partial charge in [0.1, 0.15) is 18.7 Å². The van der Waals surface area contributed by atoms with E-state index in [9.17, 15) is 14.2 Å². The van der Waals surface area contributed by atoms with Crippen LogP contribution in [-0.2, 0) is 14.2 Å². The third-order valence-corrected chi connectivity index (χ3v) is 9.29. The number of ketones is 2. The molecule has 0 N–H and O–H groups in total. The SMILES string of the molecule is CN(C)c1ccc(P(=O)([C@@H]2CCCC2=O)[C@H]2CCCC2=O)cc1. The second-order valence-corrected chi connectivity index (χ2v) is 10.1. The number of nitrogens with zero attached hydrogens (tertiary/aromatic N) is 1. The summed E-state index contributed by atoms with van der Waals surface area (Å²) in [7, 11) is 0.861. The fourth-order valence-electron chi connectivity index (χ4n) is 3.97. The van der Waals surface area contributed by atoms with Gasteiger partial charge in [0.05, 0.1) is 11.3 Å². The third-order valence-electron chi connectivity index (χ3n) is 5.24. The Balaban J connectivity index is 2.06. The minimum Gasteiger partial charge on any atom is -0.378 e. The van der Waals surface area contributed by atoms with E-state index in [0.717, 1.165) is 18.5 Å². The molecule has 2 saturated carbocycles. The normalized spacial score (nSPS) is 27.2. The largest absolute Gasteiger partial charge is 0.378 e. The molecule has 0 amide bonds. The van der Waals surface area contributed by atoms with Crippen LogP contribution in [-0.4, -0.2) is 37.0 Å². The maximum Gasteiger partial charge on any atom is 0.143 e. The Morgan fingerprint density at radius 2 is 1.39 bits per heavy atom. The van der Waals surface area contributed by atoms with Gasteiger partial charge in [-0.15, -0.1) is 0 Å². The summed E-state index contributed by atoms with van der Waals surface area (Å²) >= 11 is 0. The quantitative estimate of drug-likeness (QED) is 0.795. The molecule has 0 heterocycles. The predicted molar refractivity (Wildman–Crippen MR) is 93.3 cm³/mol. The van der Waals surface area contributed by atoms with Crippen molar-refractivity contribution in [1.29, 1.82) is 0 Å². The van der Waals surface area contributed by atoms with Crippen LogP contribution in [0.4, 0.5) is 5.69 Å². The standard InChI is InChI=1S/C18H24NO3P/c1-19(2)13-9-11-14(12-10-13)23(22,17-7-3-5-15(17)20)18-8-4-6-16(18)21/h9-12,17-18H,3-8H2,1-2H3/t17-,18+,23?. The number of hydrogen-bond acceptors (Lipinski definition) is 4. The molecule has 0 radical (unpaired) electrons. The van der Waals surface area contributed by atoms with Gasteiger partial charge in [-0.25, -0.2) is 0 Å². The second-order valence-electron chi connectivity index (χ2n) is 6.87. The van der Waals surface area contributed by atoms with Crippen molar-refractivity contribution in [1.82, 2.24) is 0 Å². The molecule has 2 fully saturated rings. The molecule has 0 spiro atoms. The van der Waals surface area contributed by atoms with Crippen LogP contribution >= 0.6 is 7.14 Å². The van der Waals surface area contributed by atoms with Crippen LogP contribution < -0.4 is 10.2 Å². The van der Waals surface area contributed by atoms with E-state index in [1.54, 1.807) is 0 Å². The number of carbonyl (C=O) groups excluding carboxylic acids is 2. The van der Waals surface area contributed by atoms with E-state index < -0.39 is 18.5 Å². The molecular weight excluding hydrogens is 309 g/mol. The molecule has 124 valence electrons. The summed E-state index contributed by atoms with van der Waals surface area (Å²) in [4.78, 5) is 26.7. The van der Waals surface area contributed by atoms with Crippen molar-refractivity contribution in [2.45, 2.75) is 49.8 Å². The topological polar surface area (TPSA) is 54.5 Å². The molecule has 2 aliphatic rings. The van der Waals surface area contributed by atoms with E-state index in [4.69, 9.17) is 0 Å². The van der Waals surface area contributed by atoms with Gasteiger partial charge < -0.3 is 9.46 Å². The van der Waals surface area contributed by atoms with E-state index in [0.29, 0.717) is 31.0 Å². The maximum atomic E-state index is 14.1. The van der Waals surface area contributed by atoms with Gasteiger partial charge in [0.2, 0.25) is 0 Å². The molecule has 3 atom stereocenters. The Bertz CT molecular complexity index is 635. The summed E-state index contributed by atoms with van der Waals surface area (Å²) < 4.78 is 14.1. The van der Waals surface area contributed by atoms with Gasteiger partial charge >= 0.3 is 0 Å². The van der Waals surface area contributed by atoms with Crippen LogP contribution in [0.3, 0.4) is 0 Å². The number of carbonyl (C=O) groups is 2. The summed E-state index contributed by atoms with van der Waals surface area (Å²) in [6.45, 7) is 0. The molecule has 4 nitrogen and oxygen atoms in total. The molecule has 0 aromatic heterocycles. The molecule has 3 rings (SSSR count). The fourth-order valence-corrected chi connectivity index (χ4v) is 7.98. The Labute approximate surface area is 137 Å². The van der Waals surface area contributed by atoms with Crippen molar-refractivity contribution in [3.8, 4) is 0 Å². The van der Waals surface area contributed by atoms with E-state index in [1.807, 2.05) is 43.3 Å². The van der Waals surface area contributed by atoms with Gasteiger partial charge in [-0.1, -0.05) is 0 Å². The first-order valence-electron chi connectivity index (χ1n) is 8.37. The lowest BCUT2D eigenvalue weighted by Crippen LogP contribution is -2.31. The number of Topliss-reactive ketones (excluding diaryl/α,β-unsaturated/α-hetero) is 2. The molecule has 23 heavy (non-hydrogen) atoms. The van der Waals surface area contributed by atoms with Crippen LogP contribution in [0.25, 0.3) is 0 Å². The van der Waals surface area contributed by atoms with E-state index >= 15 is 0 Å². The zero-order chi connectivity index (χ0) is 16.6. The van der Waals surface area contributed by atoms with Crippen molar-refractivity contribution in [2.75, 3.05) is 19.0 Å². The monoisotopic (exact) mass is 333 g/mol. The van der Waals surface area contributed by atoms with E-state index in [1.165, 1.54) is 0 Å². The van der Waals surface area contributed by atoms with Gasteiger partial charge in [-0.2, -0.15) is 0 Å². The van der Waals surface area contributed by atoms with Crippen molar-refractivity contribution < 1.29 is 14.2 Å². The number of rotatable bonds is 4. The summed E-state index contributed by atoms with van der Waals surface area (Å²) in [6, 6.07) is 7.60. The average molecular weight is 333 g/mol. The molecule has 0 saturated heterocycles. The Morgan fingerprint density at radius 3 is 1.74 bits per heavy atom. The zero-order valence-electron chi connectivity index (χ0n) is 13.8. The van der Waals surface area contributed by atoms with Crippen molar-refractivity contribution in [3.05, 3.63) is 24.3 Å². The smallest absolute Gasteiger partial charge is 0.143 e. The fraction of sp³-hybridized carbons (Fsp3) is 0.556. The van der Waals surface area contributed by atoms with Gasteiger partial charge in [-0.3, -0.25) is 9.59 Å². The van der Waals surface area contributed by atoms with E-state index in [-0.39, 0.29) is 11.6 Å². The number of anilines is 1. The van der Waals surface area contributed by atoms with Crippen LogP contribution in [0.2, 0.25) is 0 Å². The molecule has 0 aliphatic heterocycles. The molecule has 1 aromatic rings. The molecule has 0 bridgehead atoms. The van der Waals surface area contributed by atoms with Gasteiger partial charge in [0.25, 0.3) is 0 Å². The van der Waals surface area contributed by atoms with Gasteiger partial charge in [-0.05, 0) is 49.9 Å². The molecular formula is C18H24NO3P. The first-order valence-corrected chi connectivity index (χ1v) is 10.2. The third kappa shape index (κ3) is 2.78. The molecule has 5 heteroatoms. The highest BCUT2D eigenvalue weighted by molar-refractivity contribution is 7.74. The van der Waals surface area contributed by atoms with Crippen LogP contribution in [0.5, 0.6) is 0 Å². The van der Waals surface area contributed by atoms with Crippen molar-refractivity contribution >= 4 is 29.7 Å². The lowest BCUT2D eigenvalue weighted by atomic mass is 10.3. The minimum atomic E-state index is -3.05. The first-order chi connectivity index (χ1) is 10.9. The lowest BCUT2D eigenvalue weighted by Gasteiger charge is -2.29. The van der Waals surface area contributed by atoms with Crippen LogP contribution in [0, 0.1) is 0 Å². The number of hydrogen-bond donors (Lipinski definition) is 0. The second kappa shape index (κ2) is 6.24. The molecule has 1 unspecified atom stereocenters. The predicted octanol–water partition coefficient (Wildman–Crippen LogP) is 2.98. The Hall–Kier alpha value is -1.41. The van der Waals surface area contributed by atoms with Gasteiger partial charge in [0, 0.05) is 37.9 Å². The average Bonchev–Trinajstić information content (AvgIpc) is 3.15. The summed E-state index contributed by atoms with van der Waals surface area (Å²) in [5.41, 5.74) is 0.135. The Kier molecular flexibility index (Phi) is 4.46. The highest BCUT2D eigenvalue weighted by atomic mass is 31.2. The zero-order valence-corrected chi connectivity index (χ0v) is 14.7.